The van der Waals surface area contributed by atoms with Gasteiger partial charge in [0.05, 0.1) is 29.3 Å². The first-order valence-electron chi connectivity index (χ1n) is 9.90. The lowest BCUT2D eigenvalue weighted by atomic mass is 10.0. The molecule has 1 aliphatic rings. The standard InChI is InChI=1S/C22H24FN5O/c1-3-4-19(16-9-11-24-15(2)13-16)26-22(29)27-12-10-20-21(27)14-25-28(20)18-7-5-17(23)6-8-18/h5-9,11,13-14,19H,3-4,10,12H2,1-2H3,(H,26,29)/t19-/m0/s1. The number of carbonyl (C=O) groups excluding carboxylic acids is 1. The molecule has 150 valence electrons. The Morgan fingerprint density at radius 3 is 2.79 bits per heavy atom. The van der Waals surface area contributed by atoms with Crippen LogP contribution < -0.4 is 10.2 Å². The fraction of sp³-hybridized carbons (Fsp3) is 0.318. The molecule has 2 aromatic heterocycles. The van der Waals surface area contributed by atoms with Crippen molar-refractivity contribution >= 4 is 11.7 Å². The van der Waals surface area contributed by atoms with Crippen LogP contribution in [0.4, 0.5) is 14.9 Å². The van der Waals surface area contributed by atoms with E-state index in [2.05, 4.69) is 22.3 Å². The van der Waals surface area contributed by atoms with Crippen molar-refractivity contribution in [1.82, 2.24) is 20.1 Å². The van der Waals surface area contributed by atoms with Gasteiger partial charge in [-0.15, -0.1) is 0 Å². The van der Waals surface area contributed by atoms with Gasteiger partial charge in [-0.3, -0.25) is 9.88 Å². The monoisotopic (exact) mass is 393 g/mol. The molecule has 1 N–H and O–H groups in total. The number of benzene rings is 1. The number of hydrogen-bond acceptors (Lipinski definition) is 3. The number of anilines is 1. The molecule has 1 aliphatic heterocycles. The number of nitrogens with one attached hydrogen (secondary N) is 1. The van der Waals surface area contributed by atoms with Crippen molar-refractivity contribution in [2.24, 2.45) is 0 Å². The lowest BCUT2D eigenvalue weighted by Gasteiger charge is -2.23. The van der Waals surface area contributed by atoms with E-state index in [-0.39, 0.29) is 17.9 Å². The van der Waals surface area contributed by atoms with Crippen LogP contribution in [0.3, 0.4) is 0 Å². The van der Waals surface area contributed by atoms with Gasteiger partial charge in [0, 0.05) is 24.9 Å². The van der Waals surface area contributed by atoms with E-state index in [1.165, 1.54) is 12.1 Å². The maximum atomic E-state index is 13.2. The molecule has 0 unspecified atom stereocenters. The first kappa shape index (κ1) is 19.1. The van der Waals surface area contributed by atoms with Crippen molar-refractivity contribution in [2.75, 3.05) is 11.4 Å². The minimum Gasteiger partial charge on any atom is -0.331 e. The Bertz CT molecular complexity index is 1010. The molecule has 0 saturated heterocycles. The summed E-state index contributed by atoms with van der Waals surface area (Å²) >= 11 is 0. The zero-order chi connectivity index (χ0) is 20.4. The van der Waals surface area contributed by atoms with Crippen molar-refractivity contribution in [3.8, 4) is 5.69 Å². The van der Waals surface area contributed by atoms with E-state index in [0.29, 0.717) is 13.0 Å². The Morgan fingerprint density at radius 1 is 1.28 bits per heavy atom. The lowest BCUT2D eigenvalue weighted by molar-refractivity contribution is 0.242. The van der Waals surface area contributed by atoms with Gasteiger partial charge in [-0.25, -0.2) is 13.9 Å². The van der Waals surface area contributed by atoms with Crippen molar-refractivity contribution in [1.29, 1.82) is 0 Å². The van der Waals surface area contributed by atoms with Gasteiger partial charge in [0.15, 0.2) is 0 Å². The van der Waals surface area contributed by atoms with Crippen LogP contribution in [0.15, 0.2) is 48.8 Å². The fourth-order valence-corrected chi connectivity index (χ4v) is 3.80. The molecule has 0 spiro atoms. The van der Waals surface area contributed by atoms with E-state index in [0.717, 1.165) is 41.2 Å². The summed E-state index contributed by atoms with van der Waals surface area (Å²) in [5, 5.41) is 7.59. The number of fused-ring (bicyclic) bond motifs is 1. The summed E-state index contributed by atoms with van der Waals surface area (Å²) in [6.45, 7) is 4.65. The minimum absolute atomic E-state index is 0.0645. The highest BCUT2D eigenvalue weighted by Crippen LogP contribution is 2.30. The first-order valence-corrected chi connectivity index (χ1v) is 9.90. The third-order valence-electron chi connectivity index (χ3n) is 5.22. The molecule has 0 bridgehead atoms. The summed E-state index contributed by atoms with van der Waals surface area (Å²) in [7, 11) is 0. The topological polar surface area (TPSA) is 63.1 Å². The number of aryl methyl sites for hydroxylation is 1. The molecule has 3 heterocycles. The zero-order valence-corrected chi connectivity index (χ0v) is 16.6. The highest BCUT2D eigenvalue weighted by Gasteiger charge is 2.30. The lowest BCUT2D eigenvalue weighted by Crippen LogP contribution is -2.40. The molecule has 6 nitrogen and oxygen atoms in total. The third kappa shape index (κ3) is 3.85. The van der Waals surface area contributed by atoms with E-state index in [9.17, 15) is 9.18 Å². The first-order chi connectivity index (χ1) is 14.1. The van der Waals surface area contributed by atoms with Gasteiger partial charge in [0.25, 0.3) is 0 Å². The van der Waals surface area contributed by atoms with E-state index >= 15 is 0 Å². The van der Waals surface area contributed by atoms with Crippen LogP contribution in [0, 0.1) is 12.7 Å². The highest BCUT2D eigenvalue weighted by molar-refractivity contribution is 5.94. The van der Waals surface area contributed by atoms with Crippen LogP contribution in [0.1, 0.15) is 42.8 Å². The van der Waals surface area contributed by atoms with E-state index in [4.69, 9.17) is 0 Å². The number of rotatable bonds is 5. The molecule has 1 aromatic carbocycles. The number of urea groups is 1. The summed E-state index contributed by atoms with van der Waals surface area (Å²) in [5.41, 5.74) is 4.54. The van der Waals surface area contributed by atoms with E-state index in [1.54, 1.807) is 34.1 Å². The fourth-order valence-electron chi connectivity index (χ4n) is 3.80. The van der Waals surface area contributed by atoms with Gasteiger partial charge in [-0.05, 0) is 55.3 Å². The SMILES string of the molecule is CCC[C@H](NC(=O)N1CCc2c1cnn2-c1ccc(F)cc1)c1ccnc(C)c1. The van der Waals surface area contributed by atoms with Crippen LogP contribution in [-0.2, 0) is 6.42 Å². The normalized spacial score (nSPS) is 14.0. The second-order valence-electron chi connectivity index (χ2n) is 7.29. The maximum Gasteiger partial charge on any atom is 0.322 e. The van der Waals surface area contributed by atoms with Crippen LogP contribution in [0.2, 0.25) is 0 Å². The number of nitrogens with zero attached hydrogens (tertiary/aromatic N) is 4. The number of hydrogen-bond donors (Lipinski definition) is 1. The Balaban J connectivity index is 1.54. The predicted octanol–water partition coefficient (Wildman–Crippen LogP) is 4.33. The van der Waals surface area contributed by atoms with Crippen molar-refractivity contribution in [3.05, 3.63) is 71.6 Å². The summed E-state index contributed by atoms with van der Waals surface area (Å²) in [4.78, 5) is 19.0. The molecule has 3 aromatic rings. The number of aromatic nitrogens is 3. The van der Waals surface area contributed by atoms with Gasteiger partial charge < -0.3 is 5.32 Å². The minimum atomic E-state index is -0.285. The van der Waals surface area contributed by atoms with Crippen LogP contribution in [0.5, 0.6) is 0 Å². The Labute approximate surface area is 169 Å². The number of halogens is 1. The van der Waals surface area contributed by atoms with Gasteiger partial charge in [0.1, 0.15) is 5.82 Å². The Morgan fingerprint density at radius 2 is 2.07 bits per heavy atom. The predicted molar refractivity (Wildman–Crippen MR) is 110 cm³/mol. The van der Waals surface area contributed by atoms with E-state index in [1.807, 2.05) is 19.1 Å². The molecule has 0 aliphatic carbocycles. The van der Waals surface area contributed by atoms with Gasteiger partial charge in [-0.1, -0.05) is 13.3 Å². The second-order valence-corrected chi connectivity index (χ2v) is 7.29. The summed E-state index contributed by atoms with van der Waals surface area (Å²) in [6, 6.07) is 9.98. The van der Waals surface area contributed by atoms with Gasteiger partial charge in [0.2, 0.25) is 0 Å². The average molecular weight is 393 g/mol. The van der Waals surface area contributed by atoms with Crippen LogP contribution >= 0.6 is 0 Å². The van der Waals surface area contributed by atoms with Crippen molar-refractivity contribution < 1.29 is 9.18 Å². The quantitative estimate of drug-likeness (QED) is 0.702. The molecule has 1 atom stereocenters. The number of pyridine rings is 1. The summed E-state index contributed by atoms with van der Waals surface area (Å²) < 4.78 is 15.0. The zero-order valence-electron chi connectivity index (χ0n) is 16.6. The van der Waals surface area contributed by atoms with E-state index < -0.39 is 0 Å². The number of carbonyl (C=O) groups is 1. The second kappa shape index (κ2) is 8.03. The molecular formula is C22H24FN5O. The van der Waals surface area contributed by atoms with Crippen LogP contribution in [-0.4, -0.2) is 27.3 Å². The average Bonchev–Trinajstić information content (AvgIpc) is 3.30. The van der Waals surface area contributed by atoms with Crippen molar-refractivity contribution in [2.45, 2.75) is 39.2 Å². The van der Waals surface area contributed by atoms with Gasteiger partial charge >= 0.3 is 6.03 Å². The molecule has 2 amide bonds. The Kier molecular flexibility index (Phi) is 5.29. The Hall–Kier alpha value is -3.22. The summed E-state index contributed by atoms with van der Waals surface area (Å²) in [6.07, 6.45) is 5.99. The van der Waals surface area contributed by atoms with Crippen molar-refractivity contribution in [3.63, 3.8) is 0 Å². The number of amides is 2. The highest BCUT2D eigenvalue weighted by atomic mass is 19.1. The smallest absolute Gasteiger partial charge is 0.322 e. The maximum absolute atomic E-state index is 13.2. The largest absolute Gasteiger partial charge is 0.331 e. The molecular weight excluding hydrogens is 369 g/mol. The molecule has 0 fully saturated rings. The van der Waals surface area contributed by atoms with Gasteiger partial charge in [-0.2, -0.15) is 5.10 Å². The molecule has 4 rings (SSSR count). The molecule has 0 saturated carbocycles. The molecule has 7 heteroatoms. The molecule has 29 heavy (non-hydrogen) atoms. The summed E-state index contributed by atoms with van der Waals surface area (Å²) in [5.74, 6) is -0.285. The third-order valence-corrected chi connectivity index (χ3v) is 5.22. The molecule has 0 radical (unpaired) electrons. The van der Waals surface area contributed by atoms with Crippen LogP contribution in [0.25, 0.3) is 5.69 Å².